The summed E-state index contributed by atoms with van der Waals surface area (Å²) in [5, 5.41) is 11.4. The molecule has 1 aliphatic heterocycles. The zero-order valence-corrected chi connectivity index (χ0v) is 17.9. The van der Waals surface area contributed by atoms with Gasteiger partial charge in [-0.25, -0.2) is 8.42 Å². The first-order chi connectivity index (χ1) is 14.7. The topological polar surface area (TPSA) is 168 Å². The zero-order valence-electron chi connectivity index (χ0n) is 16.2. The number of nitrogen functional groups attached to an aromatic ring is 2. The second-order valence-corrected chi connectivity index (χ2v) is 10.1. The lowest BCUT2D eigenvalue weighted by atomic mass is 10.1. The van der Waals surface area contributed by atoms with E-state index in [0.717, 1.165) is 11.3 Å². The molecule has 4 rings (SSSR count). The van der Waals surface area contributed by atoms with Crippen molar-refractivity contribution in [1.29, 1.82) is 5.41 Å². The van der Waals surface area contributed by atoms with Crippen molar-refractivity contribution in [3.63, 3.8) is 0 Å². The van der Waals surface area contributed by atoms with Gasteiger partial charge in [0.15, 0.2) is 0 Å². The number of hydrogen-bond acceptors (Lipinski definition) is 8. The number of nitrogens with one attached hydrogen (secondary N) is 2. The second kappa shape index (κ2) is 8.13. The van der Waals surface area contributed by atoms with Gasteiger partial charge >= 0.3 is 0 Å². The standard InChI is InChI=1S/C19H20N6O4S2/c20-13-2-1-11(18(21)22)9-12(13)10-25-7-5-15(19(25)26)24-31(27,28)17-4-3-16(30-17)14-6-8-29-23-14/h1-4,6,8-9,15,24H,5,7,10,20H2,(H3,21,22). The van der Waals surface area contributed by atoms with Crippen LogP contribution in [0.15, 0.2) is 51.4 Å². The summed E-state index contributed by atoms with van der Waals surface area (Å²) in [5.74, 6) is -0.426. The Bertz CT molecular complexity index is 1240. The van der Waals surface area contributed by atoms with Crippen molar-refractivity contribution in [2.75, 3.05) is 12.3 Å². The number of carbonyl (C=O) groups excluding carboxylic acids is 1. The van der Waals surface area contributed by atoms with Gasteiger partial charge < -0.3 is 20.9 Å². The summed E-state index contributed by atoms with van der Waals surface area (Å²) in [6.45, 7) is 0.587. The number of aromatic nitrogens is 1. The fourth-order valence-electron chi connectivity index (χ4n) is 3.31. The maximum atomic E-state index is 12.8. The largest absolute Gasteiger partial charge is 0.398 e. The van der Waals surface area contributed by atoms with Gasteiger partial charge in [-0.2, -0.15) is 4.72 Å². The van der Waals surface area contributed by atoms with Gasteiger partial charge in [0.05, 0.1) is 4.88 Å². The van der Waals surface area contributed by atoms with Gasteiger partial charge in [0.1, 0.15) is 28.0 Å². The van der Waals surface area contributed by atoms with Crippen molar-refractivity contribution in [3.8, 4) is 10.6 Å². The Morgan fingerprint density at radius 3 is 2.84 bits per heavy atom. The van der Waals surface area contributed by atoms with Crippen molar-refractivity contribution in [2.24, 2.45) is 5.73 Å². The summed E-state index contributed by atoms with van der Waals surface area (Å²) in [6, 6.07) is 8.83. The second-order valence-electron chi connectivity index (χ2n) is 7.05. The maximum absolute atomic E-state index is 12.8. The highest BCUT2D eigenvalue weighted by Crippen LogP contribution is 2.30. The van der Waals surface area contributed by atoms with Crippen LogP contribution in [0.2, 0.25) is 0 Å². The van der Waals surface area contributed by atoms with Crippen LogP contribution >= 0.6 is 11.3 Å². The van der Waals surface area contributed by atoms with E-state index in [1.54, 1.807) is 30.3 Å². The van der Waals surface area contributed by atoms with Gasteiger partial charge in [-0.15, -0.1) is 11.3 Å². The minimum atomic E-state index is -3.88. The number of hydrogen-bond donors (Lipinski definition) is 4. The van der Waals surface area contributed by atoms with Crippen LogP contribution in [0.25, 0.3) is 10.6 Å². The van der Waals surface area contributed by atoms with Crippen LogP contribution in [0.3, 0.4) is 0 Å². The average Bonchev–Trinajstić information content (AvgIpc) is 3.47. The molecular formula is C19H20N6O4S2. The average molecular weight is 461 g/mol. The maximum Gasteiger partial charge on any atom is 0.250 e. The highest BCUT2D eigenvalue weighted by atomic mass is 32.2. The molecule has 2 aromatic heterocycles. The fraction of sp³-hybridized carbons (Fsp3) is 0.211. The number of nitrogens with two attached hydrogens (primary N) is 2. The molecule has 162 valence electrons. The molecule has 0 aliphatic carbocycles. The lowest BCUT2D eigenvalue weighted by molar-refractivity contribution is -0.129. The Kier molecular flexibility index (Phi) is 5.52. The van der Waals surface area contributed by atoms with E-state index in [4.69, 9.17) is 21.4 Å². The van der Waals surface area contributed by atoms with Crippen LogP contribution in [0.4, 0.5) is 5.69 Å². The van der Waals surface area contributed by atoms with Crippen LogP contribution < -0.4 is 16.2 Å². The van der Waals surface area contributed by atoms with Gasteiger partial charge in [-0.1, -0.05) is 5.16 Å². The highest BCUT2D eigenvalue weighted by Gasteiger charge is 2.35. The number of nitrogens with zero attached hydrogens (tertiary/aromatic N) is 2. The molecular weight excluding hydrogens is 440 g/mol. The lowest BCUT2D eigenvalue weighted by Crippen LogP contribution is -2.41. The van der Waals surface area contributed by atoms with Crippen LogP contribution in [-0.4, -0.2) is 42.8 Å². The first kappa shape index (κ1) is 21.0. The molecule has 3 heterocycles. The van der Waals surface area contributed by atoms with Crippen LogP contribution in [0, 0.1) is 5.41 Å². The third-order valence-electron chi connectivity index (χ3n) is 4.95. The smallest absolute Gasteiger partial charge is 0.250 e. The molecule has 0 bridgehead atoms. The van der Waals surface area contributed by atoms with Crippen molar-refractivity contribution in [3.05, 3.63) is 53.8 Å². The minimum Gasteiger partial charge on any atom is -0.398 e. The Morgan fingerprint density at radius 1 is 1.32 bits per heavy atom. The summed E-state index contributed by atoms with van der Waals surface area (Å²) in [7, 11) is -3.88. The van der Waals surface area contributed by atoms with Gasteiger partial charge in [0.2, 0.25) is 5.91 Å². The number of amides is 1. The van der Waals surface area contributed by atoms with E-state index in [9.17, 15) is 13.2 Å². The van der Waals surface area contributed by atoms with Gasteiger partial charge in [-0.05, 0) is 42.3 Å². The number of thiophene rings is 1. The molecule has 1 fully saturated rings. The summed E-state index contributed by atoms with van der Waals surface area (Å²) in [6.07, 6.45) is 1.75. The van der Waals surface area contributed by atoms with E-state index in [1.807, 2.05) is 0 Å². The SMILES string of the molecule is N=C(N)c1ccc(N)c(CN2CCC(NS(=O)(=O)c3ccc(-c4ccon4)s3)C2=O)c1. The zero-order chi connectivity index (χ0) is 22.2. The summed E-state index contributed by atoms with van der Waals surface area (Å²) < 4.78 is 32.9. The van der Waals surface area contributed by atoms with Gasteiger partial charge in [0.25, 0.3) is 10.0 Å². The number of anilines is 1. The summed E-state index contributed by atoms with van der Waals surface area (Å²) in [4.78, 5) is 15.0. The third kappa shape index (κ3) is 4.31. The number of amidine groups is 1. The monoisotopic (exact) mass is 460 g/mol. The van der Waals surface area contributed by atoms with Gasteiger partial charge in [-0.3, -0.25) is 10.2 Å². The molecule has 12 heteroatoms. The van der Waals surface area contributed by atoms with Crippen LogP contribution in [0.5, 0.6) is 0 Å². The normalized spacial score (nSPS) is 16.7. The Labute approximate surface area is 182 Å². The van der Waals surface area contributed by atoms with Gasteiger partial charge in [0, 0.05) is 30.4 Å². The van der Waals surface area contributed by atoms with Crippen LogP contribution in [0.1, 0.15) is 17.5 Å². The lowest BCUT2D eigenvalue weighted by Gasteiger charge is -2.19. The van der Waals surface area contributed by atoms with E-state index in [2.05, 4.69) is 9.88 Å². The molecule has 1 atom stereocenters. The fourth-order valence-corrected chi connectivity index (χ4v) is 5.82. The summed E-state index contributed by atoms with van der Waals surface area (Å²) in [5.41, 5.74) is 13.7. The van der Waals surface area contributed by atoms with E-state index in [0.29, 0.717) is 40.4 Å². The van der Waals surface area contributed by atoms with Crippen molar-refractivity contribution in [1.82, 2.24) is 14.8 Å². The Morgan fingerprint density at radius 2 is 2.13 bits per heavy atom. The van der Waals surface area contributed by atoms with E-state index in [1.165, 1.54) is 17.2 Å². The molecule has 1 amide bonds. The number of sulfonamides is 1. The summed E-state index contributed by atoms with van der Waals surface area (Å²) >= 11 is 1.05. The predicted octanol–water partition coefficient (Wildman–Crippen LogP) is 1.35. The number of benzene rings is 1. The molecule has 0 radical (unpaired) electrons. The van der Waals surface area contributed by atoms with Crippen molar-refractivity contribution in [2.45, 2.75) is 23.2 Å². The molecule has 1 unspecified atom stereocenters. The van der Waals surface area contributed by atoms with Crippen molar-refractivity contribution < 1.29 is 17.7 Å². The molecule has 1 saturated heterocycles. The van der Waals surface area contributed by atoms with E-state index < -0.39 is 16.1 Å². The molecule has 31 heavy (non-hydrogen) atoms. The third-order valence-corrected chi connectivity index (χ3v) is 8.02. The highest BCUT2D eigenvalue weighted by molar-refractivity contribution is 7.91. The van der Waals surface area contributed by atoms with E-state index >= 15 is 0 Å². The first-order valence-electron chi connectivity index (χ1n) is 9.29. The van der Waals surface area contributed by atoms with Crippen molar-refractivity contribution >= 4 is 38.8 Å². The molecule has 0 spiro atoms. The van der Waals surface area contributed by atoms with E-state index in [-0.39, 0.29) is 22.5 Å². The molecule has 1 aliphatic rings. The molecule has 6 N–H and O–H groups in total. The molecule has 3 aromatic rings. The Hall–Kier alpha value is -3.22. The first-order valence-corrected chi connectivity index (χ1v) is 11.6. The minimum absolute atomic E-state index is 0.0927. The molecule has 0 saturated carbocycles. The number of likely N-dealkylation sites (tertiary alicyclic amines) is 1. The quantitative estimate of drug-likeness (QED) is 0.234. The van der Waals surface area contributed by atoms with Crippen LogP contribution in [-0.2, 0) is 21.4 Å². The predicted molar refractivity (Wildman–Crippen MR) is 116 cm³/mol. The Balaban J connectivity index is 1.46. The number of carbonyl (C=O) groups is 1. The molecule has 10 nitrogen and oxygen atoms in total. The molecule has 1 aromatic carbocycles. The number of rotatable bonds is 7.